The summed E-state index contributed by atoms with van der Waals surface area (Å²) >= 11 is 0. The minimum Gasteiger partial charge on any atom is -0.377 e. The summed E-state index contributed by atoms with van der Waals surface area (Å²) in [6.07, 6.45) is 4.24. The Labute approximate surface area is 102 Å². The third kappa shape index (κ3) is 3.06. The van der Waals surface area contributed by atoms with Gasteiger partial charge in [-0.3, -0.25) is 0 Å². The van der Waals surface area contributed by atoms with E-state index in [2.05, 4.69) is 20.2 Å². The second-order valence-corrected chi connectivity index (χ2v) is 4.18. The smallest absolute Gasteiger partial charge is 0.134 e. The van der Waals surface area contributed by atoms with E-state index >= 15 is 0 Å². The molecule has 1 fully saturated rings. The fraction of sp³-hybridized carbons (Fsp3) is 0.667. The van der Waals surface area contributed by atoms with Crippen molar-refractivity contribution in [3.05, 3.63) is 12.4 Å². The zero-order chi connectivity index (χ0) is 12.1. The van der Waals surface area contributed by atoms with Crippen LogP contribution < -0.4 is 10.2 Å². The maximum Gasteiger partial charge on any atom is 0.134 e. The van der Waals surface area contributed by atoms with Crippen LogP contribution in [0.15, 0.2) is 12.4 Å². The fourth-order valence-electron chi connectivity index (χ4n) is 2.17. The van der Waals surface area contributed by atoms with Crippen molar-refractivity contribution >= 4 is 11.6 Å². The molecule has 0 bridgehead atoms. The highest BCUT2D eigenvalue weighted by Crippen LogP contribution is 2.20. The zero-order valence-corrected chi connectivity index (χ0v) is 10.5. The van der Waals surface area contributed by atoms with Gasteiger partial charge >= 0.3 is 0 Å². The summed E-state index contributed by atoms with van der Waals surface area (Å²) < 4.78 is 5.69. The van der Waals surface area contributed by atoms with Crippen LogP contribution in [-0.2, 0) is 4.74 Å². The molecular formula is C12H20N4O. The van der Waals surface area contributed by atoms with E-state index in [1.807, 2.05) is 20.0 Å². The lowest BCUT2D eigenvalue weighted by molar-refractivity contribution is 0.0525. The highest BCUT2D eigenvalue weighted by molar-refractivity contribution is 5.48. The summed E-state index contributed by atoms with van der Waals surface area (Å²) in [4.78, 5) is 10.7. The van der Waals surface area contributed by atoms with Crippen LogP contribution in [0.4, 0.5) is 11.6 Å². The van der Waals surface area contributed by atoms with E-state index in [9.17, 15) is 0 Å². The van der Waals surface area contributed by atoms with Gasteiger partial charge in [0.2, 0.25) is 0 Å². The van der Waals surface area contributed by atoms with Crippen LogP contribution in [0.1, 0.15) is 19.8 Å². The first-order valence-electron chi connectivity index (χ1n) is 6.20. The molecule has 1 aliphatic rings. The fourth-order valence-corrected chi connectivity index (χ4v) is 2.17. The number of nitrogens with one attached hydrogen (secondary N) is 1. The van der Waals surface area contributed by atoms with Gasteiger partial charge in [0.25, 0.3) is 0 Å². The van der Waals surface area contributed by atoms with Gasteiger partial charge in [-0.05, 0) is 19.8 Å². The van der Waals surface area contributed by atoms with Gasteiger partial charge in [0.15, 0.2) is 0 Å². The molecule has 1 N–H and O–H groups in total. The molecule has 0 saturated carbocycles. The predicted molar refractivity (Wildman–Crippen MR) is 68.4 cm³/mol. The largest absolute Gasteiger partial charge is 0.377 e. The number of nitrogens with zero attached hydrogens (tertiary/aromatic N) is 3. The van der Waals surface area contributed by atoms with E-state index < -0.39 is 0 Å². The number of ether oxygens (including phenoxy) is 1. The highest BCUT2D eigenvalue weighted by atomic mass is 16.5. The van der Waals surface area contributed by atoms with Gasteiger partial charge in [-0.25, -0.2) is 9.97 Å². The molecule has 1 aliphatic heterocycles. The van der Waals surface area contributed by atoms with E-state index in [1.54, 1.807) is 6.33 Å². The lowest BCUT2D eigenvalue weighted by atomic mass is 10.1. The van der Waals surface area contributed by atoms with Gasteiger partial charge in [-0.1, -0.05) is 0 Å². The molecule has 0 aliphatic carbocycles. The number of rotatable bonds is 4. The molecule has 1 saturated heterocycles. The number of anilines is 2. The van der Waals surface area contributed by atoms with Crippen molar-refractivity contribution in [2.24, 2.45) is 0 Å². The molecule has 17 heavy (non-hydrogen) atoms. The first kappa shape index (κ1) is 12.1. The van der Waals surface area contributed by atoms with Crippen LogP contribution >= 0.6 is 0 Å². The molecule has 5 nitrogen and oxygen atoms in total. The minimum atomic E-state index is 0.335. The number of hydrogen-bond acceptors (Lipinski definition) is 5. The second-order valence-electron chi connectivity index (χ2n) is 4.18. The van der Waals surface area contributed by atoms with Crippen LogP contribution in [-0.4, -0.2) is 42.8 Å². The summed E-state index contributed by atoms with van der Waals surface area (Å²) in [6.45, 7) is 4.80. The SMILES string of the molecule is CCOC1CCCN(c2cc(NC)ncn2)C1. The summed E-state index contributed by atoms with van der Waals surface area (Å²) in [6, 6.07) is 1.98. The normalized spacial score (nSPS) is 20.4. The summed E-state index contributed by atoms with van der Waals surface area (Å²) in [5, 5.41) is 3.03. The standard InChI is InChI=1S/C12H20N4O/c1-3-17-10-5-4-6-16(8-10)12-7-11(13-2)14-9-15-12/h7,9-10H,3-6,8H2,1-2H3,(H,13,14,15). The maximum atomic E-state index is 5.69. The zero-order valence-electron chi connectivity index (χ0n) is 10.5. The molecule has 94 valence electrons. The van der Waals surface area contributed by atoms with Crippen molar-refractivity contribution in [3.8, 4) is 0 Å². The Morgan fingerprint density at radius 3 is 3.18 bits per heavy atom. The van der Waals surface area contributed by atoms with Crippen molar-refractivity contribution in [3.63, 3.8) is 0 Å². The van der Waals surface area contributed by atoms with Crippen molar-refractivity contribution < 1.29 is 4.74 Å². The lowest BCUT2D eigenvalue weighted by Gasteiger charge is -2.33. The summed E-state index contributed by atoms with van der Waals surface area (Å²) in [7, 11) is 1.87. The molecule has 1 atom stereocenters. The van der Waals surface area contributed by atoms with Crippen LogP contribution in [0, 0.1) is 0 Å². The van der Waals surface area contributed by atoms with Gasteiger partial charge in [0.05, 0.1) is 6.10 Å². The Morgan fingerprint density at radius 2 is 2.41 bits per heavy atom. The molecular weight excluding hydrogens is 216 g/mol. The molecule has 1 aromatic rings. The number of aromatic nitrogens is 2. The lowest BCUT2D eigenvalue weighted by Crippen LogP contribution is -2.40. The van der Waals surface area contributed by atoms with Crippen LogP contribution in [0.25, 0.3) is 0 Å². The third-order valence-electron chi connectivity index (χ3n) is 3.01. The van der Waals surface area contributed by atoms with Gasteiger partial charge < -0.3 is 15.0 Å². The minimum absolute atomic E-state index is 0.335. The van der Waals surface area contributed by atoms with Crippen molar-refractivity contribution in [1.29, 1.82) is 0 Å². The monoisotopic (exact) mass is 236 g/mol. The predicted octanol–water partition coefficient (Wildman–Crippen LogP) is 1.52. The molecule has 2 heterocycles. The van der Waals surface area contributed by atoms with E-state index in [0.717, 1.165) is 44.2 Å². The first-order chi connectivity index (χ1) is 8.33. The van der Waals surface area contributed by atoms with Gasteiger partial charge in [0, 0.05) is 32.8 Å². The van der Waals surface area contributed by atoms with Crippen LogP contribution in [0.3, 0.4) is 0 Å². The van der Waals surface area contributed by atoms with Gasteiger partial charge in [-0.2, -0.15) is 0 Å². The van der Waals surface area contributed by atoms with E-state index in [0.29, 0.717) is 6.10 Å². The second kappa shape index (κ2) is 5.82. The molecule has 0 spiro atoms. The van der Waals surface area contributed by atoms with E-state index in [1.165, 1.54) is 0 Å². The topological polar surface area (TPSA) is 50.3 Å². The average molecular weight is 236 g/mol. The molecule has 0 radical (unpaired) electrons. The van der Waals surface area contributed by atoms with Crippen LogP contribution in [0.2, 0.25) is 0 Å². The van der Waals surface area contributed by atoms with E-state index in [4.69, 9.17) is 4.74 Å². The van der Waals surface area contributed by atoms with Gasteiger partial charge in [0.1, 0.15) is 18.0 Å². The Balaban J connectivity index is 2.05. The summed E-state index contributed by atoms with van der Waals surface area (Å²) in [5.41, 5.74) is 0. The Morgan fingerprint density at radius 1 is 1.53 bits per heavy atom. The van der Waals surface area contributed by atoms with Crippen LogP contribution in [0.5, 0.6) is 0 Å². The molecule has 1 unspecified atom stereocenters. The summed E-state index contributed by atoms with van der Waals surface area (Å²) in [5.74, 6) is 1.84. The van der Waals surface area contributed by atoms with Crippen molar-refractivity contribution in [2.75, 3.05) is 37.0 Å². The molecule has 0 aromatic carbocycles. The van der Waals surface area contributed by atoms with Crippen molar-refractivity contribution in [2.45, 2.75) is 25.9 Å². The van der Waals surface area contributed by atoms with E-state index in [-0.39, 0.29) is 0 Å². The average Bonchev–Trinajstić information content (AvgIpc) is 2.40. The maximum absolute atomic E-state index is 5.69. The van der Waals surface area contributed by atoms with Crippen molar-refractivity contribution in [1.82, 2.24) is 9.97 Å². The molecule has 5 heteroatoms. The Hall–Kier alpha value is -1.36. The quantitative estimate of drug-likeness (QED) is 0.859. The number of hydrogen-bond donors (Lipinski definition) is 1. The Kier molecular flexibility index (Phi) is 4.14. The number of piperidine rings is 1. The highest BCUT2D eigenvalue weighted by Gasteiger charge is 2.21. The molecule has 0 amide bonds. The third-order valence-corrected chi connectivity index (χ3v) is 3.01. The van der Waals surface area contributed by atoms with Gasteiger partial charge in [-0.15, -0.1) is 0 Å². The molecule has 1 aromatic heterocycles. The first-order valence-corrected chi connectivity index (χ1v) is 6.20. The Bertz CT molecular complexity index is 356. The molecule has 2 rings (SSSR count).